The highest BCUT2D eigenvalue weighted by molar-refractivity contribution is 7.10. The molecule has 0 spiro atoms. The molecule has 0 saturated heterocycles. The van der Waals surface area contributed by atoms with Gasteiger partial charge in [0.2, 0.25) is 0 Å². The maximum absolute atomic E-state index is 12.1. The number of hydrogen-bond donors (Lipinski definition) is 1. The molecule has 0 aliphatic heterocycles. The van der Waals surface area contributed by atoms with Crippen LogP contribution < -0.4 is 5.32 Å². The number of thiophene rings is 1. The van der Waals surface area contributed by atoms with Gasteiger partial charge in [0.25, 0.3) is 0 Å². The first-order valence-electron chi connectivity index (χ1n) is 4.90. The van der Waals surface area contributed by atoms with Gasteiger partial charge in [-0.05, 0) is 30.2 Å². The molecule has 1 aromatic heterocycles. The molecule has 1 aliphatic carbocycles. The van der Waals surface area contributed by atoms with E-state index in [-0.39, 0.29) is 6.04 Å². The largest absolute Gasteiger partial charge is 0.401 e. The van der Waals surface area contributed by atoms with Crippen molar-refractivity contribution in [2.45, 2.75) is 25.1 Å². The molecule has 1 nitrogen and oxygen atoms in total. The van der Waals surface area contributed by atoms with Crippen molar-refractivity contribution in [3.63, 3.8) is 0 Å². The van der Waals surface area contributed by atoms with Crippen molar-refractivity contribution in [3.8, 4) is 0 Å². The van der Waals surface area contributed by atoms with Crippen molar-refractivity contribution in [1.82, 2.24) is 5.32 Å². The van der Waals surface area contributed by atoms with Crippen molar-refractivity contribution < 1.29 is 13.2 Å². The normalized spacial score (nSPS) is 19.1. The predicted octanol–water partition coefficient (Wildman–Crippen LogP) is 3.35. The summed E-state index contributed by atoms with van der Waals surface area (Å²) in [6.45, 7) is -0.897. The molecule has 2 rings (SSSR count). The lowest BCUT2D eigenvalue weighted by atomic mass is 10.1. The standard InChI is InChI=1S/C10H12F3NS/c11-10(12,13)6-14-9(7-3-4-7)8-2-1-5-15-8/h1-2,5,7,9,14H,3-4,6H2. The van der Waals surface area contributed by atoms with E-state index in [9.17, 15) is 13.2 Å². The third-order valence-corrected chi connectivity index (χ3v) is 3.42. The van der Waals surface area contributed by atoms with Crippen LogP contribution in [-0.2, 0) is 0 Å². The number of rotatable bonds is 4. The van der Waals surface area contributed by atoms with Gasteiger partial charge in [0.1, 0.15) is 0 Å². The van der Waals surface area contributed by atoms with Crippen molar-refractivity contribution in [3.05, 3.63) is 22.4 Å². The highest BCUT2D eigenvalue weighted by Crippen LogP contribution is 2.42. The molecule has 0 bridgehead atoms. The first-order valence-corrected chi connectivity index (χ1v) is 5.78. The molecule has 0 radical (unpaired) electrons. The molecular weight excluding hydrogens is 223 g/mol. The van der Waals surface area contributed by atoms with Gasteiger partial charge in [-0.25, -0.2) is 0 Å². The van der Waals surface area contributed by atoms with E-state index in [1.165, 1.54) is 11.3 Å². The van der Waals surface area contributed by atoms with Gasteiger partial charge in [0.05, 0.1) is 6.54 Å². The molecule has 0 aromatic carbocycles. The quantitative estimate of drug-likeness (QED) is 0.843. The van der Waals surface area contributed by atoms with Gasteiger partial charge < -0.3 is 5.32 Å². The molecule has 1 unspecified atom stereocenters. The zero-order valence-corrected chi connectivity index (χ0v) is 8.87. The SMILES string of the molecule is FC(F)(F)CNC(c1cccs1)C1CC1. The summed E-state index contributed by atoms with van der Waals surface area (Å²) in [6, 6.07) is 3.67. The van der Waals surface area contributed by atoms with Crippen molar-refractivity contribution in [2.75, 3.05) is 6.54 Å². The summed E-state index contributed by atoms with van der Waals surface area (Å²) in [5, 5.41) is 4.51. The van der Waals surface area contributed by atoms with Gasteiger partial charge >= 0.3 is 6.18 Å². The Balaban J connectivity index is 1.96. The van der Waals surface area contributed by atoms with Gasteiger partial charge in [-0.1, -0.05) is 6.07 Å². The topological polar surface area (TPSA) is 12.0 Å². The Morgan fingerprint density at radius 3 is 2.67 bits per heavy atom. The van der Waals surface area contributed by atoms with Crippen LogP contribution in [0.15, 0.2) is 17.5 Å². The Morgan fingerprint density at radius 2 is 2.20 bits per heavy atom. The zero-order chi connectivity index (χ0) is 10.9. The van der Waals surface area contributed by atoms with E-state index in [1.54, 1.807) is 0 Å². The van der Waals surface area contributed by atoms with Crippen LogP contribution in [0.5, 0.6) is 0 Å². The van der Waals surface area contributed by atoms with Gasteiger partial charge in [0, 0.05) is 10.9 Å². The minimum Gasteiger partial charge on any atom is -0.301 e. The third kappa shape index (κ3) is 3.21. The average Bonchev–Trinajstić information content (AvgIpc) is 2.80. The van der Waals surface area contributed by atoms with Gasteiger partial charge in [-0.2, -0.15) is 13.2 Å². The molecule has 84 valence electrons. The van der Waals surface area contributed by atoms with E-state index < -0.39 is 12.7 Å². The molecule has 1 fully saturated rings. The Labute approximate surface area is 90.3 Å². The molecular formula is C10H12F3NS. The highest BCUT2D eigenvalue weighted by atomic mass is 32.1. The molecule has 15 heavy (non-hydrogen) atoms. The monoisotopic (exact) mass is 235 g/mol. The maximum atomic E-state index is 12.1. The second-order valence-corrected chi connectivity index (χ2v) is 4.81. The lowest BCUT2D eigenvalue weighted by molar-refractivity contribution is -0.126. The number of hydrogen-bond acceptors (Lipinski definition) is 2. The zero-order valence-electron chi connectivity index (χ0n) is 8.05. The van der Waals surface area contributed by atoms with Crippen molar-refractivity contribution in [1.29, 1.82) is 0 Å². The highest BCUT2D eigenvalue weighted by Gasteiger charge is 2.36. The molecule has 1 aliphatic rings. The fraction of sp³-hybridized carbons (Fsp3) is 0.600. The minimum absolute atomic E-state index is 0.105. The Bertz CT molecular complexity index is 303. The van der Waals surface area contributed by atoms with E-state index in [2.05, 4.69) is 5.32 Å². The summed E-state index contributed by atoms with van der Waals surface area (Å²) in [5.41, 5.74) is 0. The fourth-order valence-corrected chi connectivity index (χ4v) is 2.52. The van der Waals surface area contributed by atoms with Crippen LogP contribution >= 0.6 is 11.3 Å². The van der Waals surface area contributed by atoms with E-state index in [4.69, 9.17) is 0 Å². The van der Waals surface area contributed by atoms with E-state index in [0.717, 1.165) is 17.7 Å². The average molecular weight is 235 g/mol. The van der Waals surface area contributed by atoms with Gasteiger partial charge in [-0.3, -0.25) is 0 Å². The lowest BCUT2D eigenvalue weighted by Gasteiger charge is -2.17. The summed E-state index contributed by atoms with van der Waals surface area (Å²) in [5.74, 6) is 0.394. The molecule has 5 heteroatoms. The molecule has 1 heterocycles. The maximum Gasteiger partial charge on any atom is 0.401 e. The fourth-order valence-electron chi connectivity index (χ4n) is 1.62. The second-order valence-electron chi connectivity index (χ2n) is 3.83. The molecule has 1 N–H and O–H groups in total. The summed E-state index contributed by atoms with van der Waals surface area (Å²) in [6.07, 6.45) is -2.05. The van der Waals surface area contributed by atoms with Crippen LogP contribution in [-0.4, -0.2) is 12.7 Å². The Kier molecular flexibility index (Phi) is 3.02. The first-order chi connectivity index (χ1) is 7.06. The number of alkyl halides is 3. The Morgan fingerprint density at radius 1 is 1.47 bits per heavy atom. The van der Waals surface area contributed by atoms with Crippen LogP contribution in [0.3, 0.4) is 0 Å². The van der Waals surface area contributed by atoms with Gasteiger partial charge in [-0.15, -0.1) is 11.3 Å². The number of nitrogens with one attached hydrogen (secondary N) is 1. The Hall–Kier alpha value is -0.550. The summed E-state index contributed by atoms with van der Waals surface area (Å²) >= 11 is 1.52. The van der Waals surface area contributed by atoms with Crippen LogP contribution in [0.4, 0.5) is 13.2 Å². The predicted molar refractivity (Wildman–Crippen MR) is 53.8 cm³/mol. The van der Waals surface area contributed by atoms with E-state index in [1.807, 2.05) is 17.5 Å². The van der Waals surface area contributed by atoms with Crippen LogP contribution in [0.2, 0.25) is 0 Å². The van der Waals surface area contributed by atoms with Crippen LogP contribution in [0, 0.1) is 5.92 Å². The molecule has 1 aromatic rings. The molecule has 1 atom stereocenters. The summed E-state index contributed by atoms with van der Waals surface area (Å²) in [7, 11) is 0. The summed E-state index contributed by atoms with van der Waals surface area (Å²) in [4.78, 5) is 1.02. The molecule has 0 amide bonds. The van der Waals surface area contributed by atoms with Crippen molar-refractivity contribution >= 4 is 11.3 Å². The first kappa shape index (κ1) is 11.0. The van der Waals surface area contributed by atoms with Crippen molar-refractivity contribution in [2.24, 2.45) is 5.92 Å². The number of halogens is 3. The third-order valence-electron chi connectivity index (χ3n) is 2.47. The minimum atomic E-state index is -4.12. The van der Waals surface area contributed by atoms with Crippen LogP contribution in [0.25, 0.3) is 0 Å². The van der Waals surface area contributed by atoms with E-state index >= 15 is 0 Å². The lowest BCUT2D eigenvalue weighted by Crippen LogP contribution is -2.32. The van der Waals surface area contributed by atoms with Crippen LogP contribution in [0.1, 0.15) is 23.8 Å². The second kappa shape index (κ2) is 4.14. The van der Waals surface area contributed by atoms with Gasteiger partial charge in [0.15, 0.2) is 0 Å². The molecule has 1 saturated carbocycles. The summed E-state index contributed by atoms with van der Waals surface area (Å²) < 4.78 is 36.2. The van der Waals surface area contributed by atoms with E-state index in [0.29, 0.717) is 5.92 Å². The smallest absolute Gasteiger partial charge is 0.301 e.